The molecular formula is C15H24N2O3S. The largest absolute Gasteiger partial charge is 0.377 e. The topological polar surface area (TPSA) is 72.6 Å². The van der Waals surface area contributed by atoms with Crippen LogP contribution in [0.3, 0.4) is 0 Å². The average Bonchev–Trinajstić information content (AvgIpc) is 2.94. The van der Waals surface area contributed by atoms with E-state index in [4.69, 9.17) is 10.5 Å². The van der Waals surface area contributed by atoms with E-state index >= 15 is 0 Å². The fourth-order valence-electron chi connectivity index (χ4n) is 2.63. The number of rotatable bonds is 5. The molecule has 0 spiro atoms. The average molecular weight is 312 g/mol. The van der Waals surface area contributed by atoms with Gasteiger partial charge >= 0.3 is 0 Å². The third-order valence-electron chi connectivity index (χ3n) is 4.09. The van der Waals surface area contributed by atoms with E-state index in [0.29, 0.717) is 18.0 Å². The Labute approximate surface area is 127 Å². The summed E-state index contributed by atoms with van der Waals surface area (Å²) in [5, 5.41) is 0. The van der Waals surface area contributed by atoms with Crippen molar-refractivity contribution in [3.05, 3.63) is 28.8 Å². The van der Waals surface area contributed by atoms with Crippen LogP contribution in [0.5, 0.6) is 0 Å². The quantitative estimate of drug-likeness (QED) is 0.895. The molecule has 1 aliphatic heterocycles. The van der Waals surface area contributed by atoms with Gasteiger partial charge in [0.25, 0.3) is 0 Å². The highest BCUT2D eigenvalue weighted by Crippen LogP contribution is 2.25. The molecule has 2 N–H and O–H groups in total. The fraction of sp³-hybridized carbons (Fsp3) is 0.600. The first-order chi connectivity index (χ1) is 9.86. The van der Waals surface area contributed by atoms with Gasteiger partial charge in [-0.15, -0.1) is 0 Å². The number of hydrogen-bond donors (Lipinski definition) is 1. The van der Waals surface area contributed by atoms with Gasteiger partial charge < -0.3 is 10.5 Å². The third-order valence-corrected chi connectivity index (χ3v) is 6.04. The number of nitrogens with zero attached hydrogens (tertiary/aromatic N) is 1. The van der Waals surface area contributed by atoms with Crippen LogP contribution in [0.1, 0.15) is 29.5 Å². The molecule has 1 fully saturated rings. The number of likely N-dealkylation sites (N-methyl/N-ethyl adjacent to an activating group) is 1. The first-order valence-corrected chi connectivity index (χ1v) is 8.68. The fourth-order valence-corrected chi connectivity index (χ4v) is 4.17. The zero-order valence-corrected chi connectivity index (χ0v) is 13.7. The van der Waals surface area contributed by atoms with Crippen LogP contribution in [0, 0.1) is 13.8 Å². The van der Waals surface area contributed by atoms with Crippen molar-refractivity contribution < 1.29 is 13.2 Å². The summed E-state index contributed by atoms with van der Waals surface area (Å²) in [5.41, 5.74) is 8.23. The molecule has 1 heterocycles. The van der Waals surface area contributed by atoms with Gasteiger partial charge in [0.15, 0.2) is 0 Å². The summed E-state index contributed by atoms with van der Waals surface area (Å²) < 4.78 is 32.5. The highest BCUT2D eigenvalue weighted by atomic mass is 32.2. The minimum Gasteiger partial charge on any atom is -0.377 e. The SMILES string of the molecule is Cc1cc(CN)cc(S(=O)(=O)N(C)CC2CCCO2)c1C. The van der Waals surface area contributed by atoms with Crippen LogP contribution >= 0.6 is 0 Å². The molecule has 6 heteroatoms. The maximum Gasteiger partial charge on any atom is 0.243 e. The van der Waals surface area contributed by atoms with E-state index in [1.807, 2.05) is 19.9 Å². The lowest BCUT2D eigenvalue weighted by Gasteiger charge is -2.22. The summed E-state index contributed by atoms with van der Waals surface area (Å²) >= 11 is 0. The number of aryl methyl sites for hydroxylation is 1. The Morgan fingerprint density at radius 1 is 1.38 bits per heavy atom. The molecule has 0 bridgehead atoms. The summed E-state index contributed by atoms with van der Waals surface area (Å²) in [6.45, 7) is 5.20. The first kappa shape index (κ1) is 16.4. The molecule has 21 heavy (non-hydrogen) atoms. The molecule has 1 aliphatic rings. The highest BCUT2D eigenvalue weighted by molar-refractivity contribution is 7.89. The summed E-state index contributed by atoms with van der Waals surface area (Å²) in [6, 6.07) is 3.62. The van der Waals surface area contributed by atoms with E-state index in [0.717, 1.165) is 36.1 Å². The van der Waals surface area contributed by atoms with Crippen LogP contribution in [0.2, 0.25) is 0 Å². The number of ether oxygens (including phenoxy) is 1. The number of nitrogens with two attached hydrogens (primary N) is 1. The second-order valence-electron chi connectivity index (χ2n) is 5.66. The molecular weight excluding hydrogens is 288 g/mol. The van der Waals surface area contributed by atoms with Gasteiger partial charge in [0, 0.05) is 26.7 Å². The van der Waals surface area contributed by atoms with Gasteiger partial charge in [-0.3, -0.25) is 0 Å². The number of benzene rings is 1. The molecule has 0 amide bonds. The van der Waals surface area contributed by atoms with Crippen LogP contribution < -0.4 is 5.73 Å². The maximum atomic E-state index is 12.8. The normalized spacial score (nSPS) is 19.4. The van der Waals surface area contributed by atoms with Crippen LogP contribution in [0.15, 0.2) is 17.0 Å². The molecule has 0 aliphatic carbocycles. The second-order valence-corrected chi connectivity index (χ2v) is 7.67. The molecule has 1 unspecified atom stereocenters. The van der Waals surface area contributed by atoms with Gasteiger partial charge in [0.05, 0.1) is 11.0 Å². The summed E-state index contributed by atoms with van der Waals surface area (Å²) in [4.78, 5) is 0.350. The second kappa shape index (κ2) is 6.44. The Morgan fingerprint density at radius 3 is 2.67 bits per heavy atom. The van der Waals surface area contributed by atoms with Crippen LogP contribution in [0.25, 0.3) is 0 Å². The Bertz CT molecular complexity index is 608. The number of sulfonamides is 1. The molecule has 1 aromatic rings. The van der Waals surface area contributed by atoms with Crippen molar-refractivity contribution in [2.45, 2.75) is 44.2 Å². The van der Waals surface area contributed by atoms with Crippen molar-refractivity contribution in [2.24, 2.45) is 5.73 Å². The summed E-state index contributed by atoms with van der Waals surface area (Å²) in [6.07, 6.45) is 1.92. The number of hydrogen-bond acceptors (Lipinski definition) is 4. The molecule has 1 aromatic carbocycles. The molecule has 0 aromatic heterocycles. The minimum atomic E-state index is -3.51. The standard InChI is InChI=1S/C15H24N2O3S/c1-11-7-13(9-16)8-15(12(11)2)21(18,19)17(3)10-14-5-4-6-20-14/h7-8,14H,4-6,9-10,16H2,1-3H3. The van der Waals surface area contributed by atoms with Gasteiger partial charge in [-0.05, 0) is 49.4 Å². The van der Waals surface area contributed by atoms with E-state index in [-0.39, 0.29) is 6.10 Å². The Hall–Kier alpha value is -0.950. The van der Waals surface area contributed by atoms with Crippen molar-refractivity contribution >= 4 is 10.0 Å². The van der Waals surface area contributed by atoms with Gasteiger partial charge in [0.2, 0.25) is 10.0 Å². The van der Waals surface area contributed by atoms with Crippen LogP contribution in [-0.2, 0) is 21.3 Å². The molecule has 0 radical (unpaired) electrons. The van der Waals surface area contributed by atoms with E-state index in [2.05, 4.69) is 0 Å². The molecule has 1 saturated heterocycles. The summed E-state index contributed by atoms with van der Waals surface area (Å²) in [5.74, 6) is 0. The van der Waals surface area contributed by atoms with E-state index < -0.39 is 10.0 Å². The van der Waals surface area contributed by atoms with E-state index in [1.54, 1.807) is 13.1 Å². The van der Waals surface area contributed by atoms with Crippen molar-refractivity contribution in [2.75, 3.05) is 20.2 Å². The lowest BCUT2D eigenvalue weighted by Crippen LogP contribution is -2.34. The lowest BCUT2D eigenvalue weighted by molar-refractivity contribution is 0.0979. The lowest BCUT2D eigenvalue weighted by atomic mass is 10.1. The predicted molar refractivity (Wildman–Crippen MR) is 82.6 cm³/mol. The third kappa shape index (κ3) is 3.45. The van der Waals surface area contributed by atoms with E-state index in [1.165, 1.54) is 4.31 Å². The van der Waals surface area contributed by atoms with Crippen LogP contribution in [-0.4, -0.2) is 39.0 Å². The molecule has 0 saturated carbocycles. The van der Waals surface area contributed by atoms with Gasteiger partial charge in [-0.1, -0.05) is 6.07 Å². The van der Waals surface area contributed by atoms with E-state index in [9.17, 15) is 8.42 Å². The Morgan fingerprint density at radius 2 is 2.10 bits per heavy atom. The monoisotopic (exact) mass is 312 g/mol. The smallest absolute Gasteiger partial charge is 0.243 e. The van der Waals surface area contributed by atoms with Crippen molar-refractivity contribution in [3.63, 3.8) is 0 Å². The Kier molecular flexibility index (Phi) is 5.03. The van der Waals surface area contributed by atoms with Gasteiger partial charge in [-0.2, -0.15) is 4.31 Å². The zero-order chi connectivity index (χ0) is 15.6. The predicted octanol–water partition coefficient (Wildman–Crippen LogP) is 1.56. The molecule has 118 valence electrons. The van der Waals surface area contributed by atoms with Gasteiger partial charge in [-0.25, -0.2) is 8.42 Å². The zero-order valence-electron chi connectivity index (χ0n) is 12.9. The molecule has 2 rings (SSSR count). The van der Waals surface area contributed by atoms with Crippen molar-refractivity contribution in [1.82, 2.24) is 4.31 Å². The van der Waals surface area contributed by atoms with Crippen LogP contribution in [0.4, 0.5) is 0 Å². The van der Waals surface area contributed by atoms with Crippen molar-refractivity contribution in [1.29, 1.82) is 0 Å². The Balaban J connectivity index is 2.31. The molecule has 5 nitrogen and oxygen atoms in total. The molecule has 1 atom stereocenters. The first-order valence-electron chi connectivity index (χ1n) is 7.24. The minimum absolute atomic E-state index is 0.00358. The maximum absolute atomic E-state index is 12.8. The van der Waals surface area contributed by atoms with Crippen molar-refractivity contribution in [3.8, 4) is 0 Å². The highest BCUT2D eigenvalue weighted by Gasteiger charge is 2.27. The van der Waals surface area contributed by atoms with Gasteiger partial charge in [0.1, 0.15) is 0 Å². The summed E-state index contributed by atoms with van der Waals surface area (Å²) in [7, 11) is -1.90.